The van der Waals surface area contributed by atoms with Crippen molar-refractivity contribution < 1.29 is 5.11 Å². The second kappa shape index (κ2) is 4.79. The summed E-state index contributed by atoms with van der Waals surface area (Å²) < 4.78 is 0. The van der Waals surface area contributed by atoms with Gasteiger partial charge in [-0.05, 0) is 25.5 Å². The highest BCUT2D eigenvalue weighted by Gasteiger charge is 2.42. The maximum absolute atomic E-state index is 11.0. The topological polar surface area (TPSA) is 23.5 Å². The third kappa shape index (κ3) is 2.24. The molecule has 0 spiro atoms. The number of nitrogens with zero attached hydrogens (tertiary/aromatic N) is 1. The van der Waals surface area contributed by atoms with E-state index in [2.05, 4.69) is 25.7 Å². The van der Waals surface area contributed by atoms with Gasteiger partial charge in [-0.15, -0.1) is 0 Å². The molecule has 1 aliphatic rings. The van der Waals surface area contributed by atoms with E-state index in [0.29, 0.717) is 6.04 Å². The lowest BCUT2D eigenvalue weighted by Gasteiger charge is -2.47. The van der Waals surface area contributed by atoms with E-state index >= 15 is 0 Å². The fourth-order valence-corrected chi connectivity index (χ4v) is 3.03. The summed E-state index contributed by atoms with van der Waals surface area (Å²) in [4.78, 5) is 2.45. The SMILES string of the molecule is CCN1C[C@H](C)[C@](O)(c2ccccc2)C[C@@H]1C. The van der Waals surface area contributed by atoms with Gasteiger partial charge in [0.1, 0.15) is 0 Å². The van der Waals surface area contributed by atoms with Crippen molar-refractivity contribution in [3.8, 4) is 0 Å². The average molecular weight is 233 g/mol. The van der Waals surface area contributed by atoms with E-state index in [1.54, 1.807) is 0 Å². The summed E-state index contributed by atoms with van der Waals surface area (Å²) in [6.07, 6.45) is 0.825. The normalized spacial score (nSPS) is 34.8. The largest absolute Gasteiger partial charge is 0.385 e. The Balaban J connectivity index is 2.26. The highest BCUT2D eigenvalue weighted by atomic mass is 16.3. The molecule has 1 fully saturated rings. The zero-order chi connectivity index (χ0) is 12.5. The molecule has 0 aliphatic carbocycles. The fraction of sp³-hybridized carbons (Fsp3) is 0.600. The maximum Gasteiger partial charge on any atom is 0.0948 e. The summed E-state index contributed by atoms with van der Waals surface area (Å²) in [5.74, 6) is 0.279. The van der Waals surface area contributed by atoms with Crippen LogP contribution in [-0.4, -0.2) is 29.1 Å². The molecule has 0 radical (unpaired) electrons. The number of rotatable bonds is 2. The lowest BCUT2D eigenvalue weighted by Crippen LogP contribution is -2.52. The molecule has 2 nitrogen and oxygen atoms in total. The molecule has 1 saturated heterocycles. The minimum atomic E-state index is -0.660. The standard InChI is InChI=1S/C15H23NO/c1-4-16-11-12(2)15(17,10-13(16)3)14-8-6-5-7-9-14/h5-9,12-13,17H,4,10-11H2,1-3H3/t12-,13-,15-/m0/s1. The van der Waals surface area contributed by atoms with Crippen LogP contribution in [0.25, 0.3) is 0 Å². The predicted octanol–water partition coefficient (Wildman–Crippen LogP) is 2.62. The lowest BCUT2D eigenvalue weighted by molar-refractivity contribution is -0.0892. The minimum absolute atomic E-state index is 0.279. The molecule has 0 bridgehead atoms. The number of hydrogen-bond acceptors (Lipinski definition) is 2. The van der Waals surface area contributed by atoms with Crippen LogP contribution in [0.2, 0.25) is 0 Å². The third-order valence-corrected chi connectivity index (χ3v) is 4.23. The van der Waals surface area contributed by atoms with Crippen LogP contribution in [0.5, 0.6) is 0 Å². The van der Waals surface area contributed by atoms with Gasteiger partial charge >= 0.3 is 0 Å². The molecule has 2 rings (SSSR count). The quantitative estimate of drug-likeness (QED) is 0.849. The summed E-state index contributed by atoms with van der Waals surface area (Å²) >= 11 is 0. The highest BCUT2D eigenvalue weighted by molar-refractivity contribution is 5.24. The Hall–Kier alpha value is -0.860. The van der Waals surface area contributed by atoms with Gasteiger partial charge in [-0.25, -0.2) is 0 Å². The molecule has 1 N–H and O–H groups in total. The molecular formula is C15H23NO. The number of aliphatic hydroxyl groups is 1. The van der Waals surface area contributed by atoms with E-state index in [1.165, 1.54) is 0 Å². The molecule has 2 heteroatoms. The Morgan fingerprint density at radius 2 is 1.94 bits per heavy atom. The molecule has 0 amide bonds. The molecule has 0 saturated carbocycles. The van der Waals surface area contributed by atoms with Gasteiger partial charge in [0.15, 0.2) is 0 Å². The Kier molecular flexibility index (Phi) is 3.55. The van der Waals surface area contributed by atoms with Gasteiger partial charge in [0.25, 0.3) is 0 Å². The van der Waals surface area contributed by atoms with Crippen molar-refractivity contribution in [1.29, 1.82) is 0 Å². The van der Waals surface area contributed by atoms with E-state index in [1.807, 2.05) is 30.3 Å². The first-order chi connectivity index (χ1) is 8.08. The van der Waals surface area contributed by atoms with Gasteiger partial charge in [0, 0.05) is 18.5 Å². The summed E-state index contributed by atoms with van der Waals surface area (Å²) in [6.45, 7) is 8.60. The molecular weight excluding hydrogens is 210 g/mol. The van der Waals surface area contributed by atoms with Crippen LogP contribution in [0.4, 0.5) is 0 Å². The molecule has 1 aromatic carbocycles. The monoisotopic (exact) mass is 233 g/mol. The Morgan fingerprint density at radius 1 is 1.29 bits per heavy atom. The van der Waals surface area contributed by atoms with Crippen molar-refractivity contribution in [3.63, 3.8) is 0 Å². The molecule has 94 valence electrons. The Morgan fingerprint density at radius 3 is 2.53 bits per heavy atom. The zero-order valence-electron chi connectivity index (χ0n) is 11.1. The first kappa shape index (κ1) is 12.6. The first-order valence-corrected chi connectivity index (χ1v) is 6.60. The molecule has 1 aromatic rings. The van der Waals surface area contributed by atoms with Crippen LogP contribution in [0.3, 0.4) is 0 Å². The van der Waals surface area contributed by atoms with Crippen molar-refractivity contribution >= 4 is 0 Å². The second-order valence-corrected chi connectivity index (χ2v) is 5.33. The van der Waals surface area contributed by atoms with Gasteiger partial charge in [0.05, 0.1) is 5.60 Å². The van der Waals surface area contributed by atoms with Gasteiger partial charge in [-0.3, -0.25) is 0 Å². The molecule has 1 aliphatic heterocycles. The van der Waals surface area contributed by atoms with Crippen molar-refractivity contribution in [2.24, 2.45) is 5.92 Å². The summed E-state index contributed by atoms with van der Waals surface area (Å²) in [5.41, 5.74) is 0.405. The number of likely N-dealkylation sites (tertiary alicyclic amines) is 1. The van der Waals surface area contributed by atoms with E-state index in [9.17, 15) is 5.11 Å². The van der Waals surface area contributed by atoms with E-state index in [4.69, 9.17) is 0 Å². The van der Waals surface area contributed by atoms with Crippen LogP contribution >= 0.6 is 0 Å². The van der Waals surface area contributed by atoms with Crippen molar-refractivity contribution in [3.05, 3.63) is 35.9 Å². The van der Waals surface area contributed by atoms with Crippen molar-refractivity contribution in [2.45, 2.75) is 38.8 Å². The van der Waals surface area contributed by atoms with Gasteiger partial charge in [-0.1, -0.05) is 44.2 Å². The van der Waals surface area contributed by atoms with E-state index in [0.717, 1.165) is 25.1 Å². The Bertz CT molecular complexity index is 364. The van der Waals surface area contributed by atoms with Crippen LogP contribution in [0, 0.1) is 5.92 Å². The third-order valence-electron chi connectivity index (χ3n) is 4.23. The zero-order valence-corrected chi connectivity index (χ0v) is 11.1. The summed E-state index contributed by atoms with van der Waals surface area (Å²) in [5, 5.41) is 11.0. The Labute approximate surface area is 104 Å². The number of benzene rings is 1. The van der Waals surface area contributed by atoms with Crippen LogP contribution in [0.1, 0.15) is 32.8 Å². The average Bonchev–Trinajstić information content (AvgIpc) is 2.35. The fourth-order valence-electron chi connectivity index (χ4n) is 3.03. The summed E-state index contributed by atoms with van der Waals surface area (Å²) in [6, 6.07) is 10.6. The molecule has 1 heterocycles. The summed E-state index contributed by atoms with van der Waals surface area (Å²) in [7, 11) is 0. The van der Waals surface area contributed by atoms with Gasteiger partial charge in [0.2, 0.25) is 0 Å². The predicted molar refractivity (Wildman–Crippen MR) is 70.8 cm³/mol. The van der Waals surface area contributed by atoms with Gasteiger partial charge < -0.3 is 10.0 Å². The highest BCUT2D eigenvalue weighted by Crippen LogP contribution is 2.39. The number of piperidine rings is 1. The smallest absolute Gasteiger partial charge is 0.0948 e. The molecule has 3 atom stereocenters. The number of hydrogen-bond donors (Lipinski definition) is 1. The first-order valence-electron chi connectivity index (χ1n) is 6.60. The van der Waals surface area contributed by atoms with Crippen LogP contribution in [0.15, 0.2) is 30.3 Å². The van der Waals surface area contributed by atoms with Crippen molar-refractivity contribution in [2.75, 3.05) is 13.1 Å². The molecule has 0 aromatic heterocycles. The van der Waals surface area contributed by atoms with E-state index in [-0.39, 0.29) is 5.92 Å². The van der Waals surface area contributed by atoms with Gasteiger partial charge in [-0.2, -0.15) is 0 Å². The van der Waals surface area contributed by atoms with Crippen molar-refractivity contribution in [1.82, 2.24) is 4.90 Å². The van der Waals surface area contributed by atoms with Crippen LogP contribution in [-0.2, 0) is 5.60 Å². The molecule has 0 unspecified atom stereocenters. The van der Waals surface area contributed by atoms with Crippen LogP contribution < -0.4 is 0 Å². The minimum Gasteiger partial charge on any atom is -0.385 e. The molecule has 17 heavy (non-hydrogen) atoms. The lowest BCUT2D eigenvalue weighted by atomic mass is 9.74. The van der Waals surface area contributed by atoms with E-state index < -0.39 is 5.60 Å². The maximum atomic E-state index is 11.0. The second-order valence-electron chi connectivity index (χ2n) is 5.33.